The predicted molar refractivity (Wildman–Crippen MR) is 102 cm³/mol. The lowest BCUT2D eigenvalue weighted by Gasteiger charge is -2.35. The van der Waals surface area contributed by atoms with Crippen LogP contribution in [0.2, 0.25) is 0 Å². The molecular formula is C21H27N3O. The van der Waals surface area contributed by atoms with Gasteiger partial charge in [0.25, 0.3) is 0 Å². The Bertz CT molecular complexity index is 679. The van der Waals surface area contributed by atoms with Gasteiger partial charge in [0.1, 0.15) is 12.4 Å². The van der Waals surface area contributed by atoms with Gasteiger partial charge in [0, 0.05) is 51.0 Å². The lowest BCUT2D eigenvalue weighted by Crippen LogP contribution is -2.46. The Morgan fingerprint density at radius 3 is 2.48 bits per heavy atom. The first kappa shape index (κ1) is 17.6. The molecule has 4 nitrogen and oxygen atoms in total. The maximum absolute atomic E-state index is 6.03. The van der Waals surface area contributed by atoms with Crippen molar-refractivity contribution in [3.05, 3.63) is 72.1 Å². The highest BCUT2D eigenvalue weighted by atomic mass is 16.5. The molecule has 2 heterocycles. The van der Waals surface area contributed by atoms with Crippen LogP contribution in [-0.2, 0) is 13.2 Å². The summed E-state index contributed by atoms with van der Waals surface area (Å²) in [7, 11) is 0. The Kier molecular flexibility index (Phi) is 6.20. The zero-order valence-electron chi connectivity index (χ0n) is 15.0. The molecule has 0 saturated carbocycles. The van der Waals surface area contributed by atoms with Gasteiger partial charge in [0.2, 0.25) is 0 Å². The van der Waals surface area contributed by atoms with E-state index in [-0.39, 0.29) is 0 Å². The first-order valence-electron chi connectivity index (χ1n) is 8.90. The number of para-hydroxylation sites is 1. The second-order valence-electron chi connectivity index (χ2n) is 6.73. The molecule has 0 N–H and O–H groups in total. The minimum atomic E-state index is 0.504. The van der Waals surface area contributed by atoms with Crippen molar-refractivity contribution in [3.8, 4) is 5.75 Å². The Balaban J connectivity index is 1.55. The van der Waals surface area contributed by atoms with Crippen LogP contribution in [0.4, 0.5) is 0 Å². The van der Waals surface area contributed by atoms with Crippen molar-refractivity contribution in [3.63, 3.8) is 0 Å². The lowest BCUT2D eigenvalue weighted by atomic mass is 10.1. The van der Waals surface area contributed by atoms with Crippen LogP contribution in [0.25, 0.3) is 0 Å². The van der Waals surface area contributed by atoms with Crippen molar-refractivity contribution in [1.82, 2.24) is 14.8 Å². The third kappa shape index (κ3) is 5.41. The fourth-order valence-electron chi connectivity index (χ4n) is 3.14. The SMILES string of the molecule is C=C(C)CN1CCN(Cc2ccccc2OCc2ccccn2)CC1. The van der Waals surface area contributed by atoms with Crippen molar-refractivity contribution in [1.29, 1.82) is 0 Å². The topological polar surface area (TPSA) is 28.6 Å². The summed E-state index contributed by atoms with van der Waals surface area (Å²) in [5.74, 6) is 0.956. The Hall–Kier alpha value is -2.17. The van der Waals surface area contributed by atoms with Gasteiger partial charge in [-0.2, -0.15) is 0 Å². The van der Waals surface area contributed by atoms with Gasteiger partial charge in [-0.25, -0.2) is 0 Å². The number of piperazine rings is 1. The van der Waals surface area contributed by atoms with Crippen molar-refractivity contribution in [2.24, 2.45) is 0 Å². The zero-order valence-corrected chi connectivity index (χ0v) is 15.0. The number of rotatable bonds is 7. The molecule has 2 aromatic rings. The summed E-state index contributed by atoms with van der Waals surface area (Å²) < 4.78 is 6.03. The average molecular weight is 337 g/mol. The normalized spacial score (nSPS) is 15.9. The lowest BCUT2D eigenvalue weighted by molar-refractivity contribution is 0.133. The summed E-state index contributed by atoms with van der Waals surface area (Å²) in [6.45, 7) is 12.9. The third-order valence-corrected chi connectivity index (χ3v) is 4.43. The largest absolute Gasteiger partial charge is 0.487 e. The first-order chi connectivity index (χ1) is 12.2. The molecule has 0 spiro atoms. The van der Waals surface area contributed by atoms with Crippen molar-refractivity contribution < 1.29 is 4.74 Å². The highest BCUT2D eigenvalue weighted by Gasteiger charge is 2.18. The van der Waals surface area contributed by atoms with Crippen molar-refractivity contribution >= 4 is 0 Å². The molecule has 3 rings (SSSR count). The average Bonchev–Trinajstić information content (AvgIpc) is 2.63. The molecule has 25 heavy (non-hydrogen) atoms. The van der Waals surface area contributed by atoms with E-state index in [0.717, 1.165) is 50.7 Å². The summed E-state index contributed by atoms with van der Waals surface area (Å²) in [5.41, 5.74) is 3.43. The molecule has 0 radical (unpaired) electrons. The van der Waals surface area contributed by atoms with Gasteiger partial charge in [-0.15, -0.1) is 0 Å². The molecular weight excluding hydrogens is 310 g/mol. The number of aromatic nitrogens is 1. The maximum atomic E-state index is 6.03. The minimum absolute atomic E-state index is 0.504. The summed E-state index contributed by atoms with van der Waals surface area (Å²) in [5, 5.41) is 0. The molecule has 1 aromatic heterocycles. The van der Waals surface area contributed by atoms with E-state index in [1.165, 1.54) is 11.1 Å². The highest BCUT2D eigenvalue weighted by Crippen LogP contribution is 2.21. The van der Waals surface area contributed by atoms with E-state index in [2.05, 4.69) is 46.5 Å². The number of nitrogens with zero attached hydrogens (tertiary/aromatic N) is 3. The van der Waals surface area contributed by atoms with Gasteiger partial charge in [0.15, 0.2) is 0 Å². The molecule has 0 bridgehead atoms. The molecule has 1 fully saturated rings. The zero-order chi connectivity index (χ0) is 17.5. The van der Waals surface area contributed by atoms with E-state index < -0.39 is 0 Å². The number of pyridine rings is 1. The van der Waals surface area contributed by atoms with Crippen LogP contribution in [0, 0.1) is 0 Å². The van der Waals surface area contributed by atoms with Crippen LogP contribution in [0.1, 0.15) is 18.2 Å². The molecule has 0 aliphatic carbocycles. The van der Waals surface area contributed by atoms with Crippen LogP contribution in [-0.4, -0.2) is 47.5 Å². The molecule has 1 aliphatic heterocycles. The quantitative estimate of drug-likeness (QED) is 0.725. The van der Waals surface area contributed by atoms with Gasteiger partial charge in [-0.05, 0) is 25.1 Å². The monoisotopic (exact) mass is 337 g/mol. The van der Waals surface area contributed by atoms with E-state index in [4.69, 9.17) is 4.74 Å². The highest BCUT2D eigenvalue weighted by molar-refractivity contribution is 5.33. The van der Waals surface area contributed by atoms with E-state index in [9.17, 15) is 0 Å². The number of hydrogen-bond acceptors (Lipinski definition) is 4. The number of ether oxygens (including phenoxy) is 1. The minimum Gasteiger partial charge on any atom is -0.487 e. The summed E-state index contributed by atoms with van der Waals surface area (Å²) in [6.07, 6.45) is 1.80. The van der Waals surface area contributed by atoms with Gasteiger partial charge in [0.05, 0.1) is 5.69 Å². The predicted octanol–water partition coefficient (Wildman–Crippen LogP) is 3.35. The standard InChI is InChI=1S/C21H27N3O/c1-18(2)15-23-11-13-24(14-12-23)16-19-7-3-4-9-21(19)25-17-20-8-5-6-10-22-20/h3-10H,1,11-17H2,2H3. The first-order valence-corrected chi connectivity index (χ1v) is 8.90. The van der Waals surface area contributed by atoms with Crippen molar-refractivity contribution in [2.45, 2.75) is 20.1 Å². The third-order valence-electron chi connectivity index (χ3n) is 4.43. The van der Waals surface area contributed by atoms with E-state index in [1.54, 1.807) is 6.20 Å². The fourth-order valence-corrected chi connectivity index (χ4v) is 3.14. The molecule has 0 amide bonds. The van der Waals surface area contributed by atoms with Gasteiger partial charge in [-0.3, -0.25) is 14.8 Å². The maximum Gasteiger partial charge on any atom is 0.130 e. The smallest absolute Gasteiger partial charge is 0.130 e. The number of hydrogen-bond donors (Lipinski definition) is 0. The Morgan fingerprint density at radius 2 is 1.76 bits per heavy atom. The van der Waals surface area contributed by atoms with Crippen LogP contribution in [0.5, 0.6) is 5.75 Å². The second-order valence-corrected chi connectivity index (χ2v) is 6.73. The Labute approximate surface area is 150 Å². The van der Waals surface area contributed by atoms with Gasteiger partial charge < -0.3 is 4.74 Å². The summed E-state index contributed by atoms with van der Waals surface area (Å²) in [6, 6.07) is 14.2. The van der Waals surface area contributed by atoms with Crippen LogP contribution in [0.15, 0.2) is 60.8 Å². The van der Waals surface area contributed by atoms with E-state index in [0.29, 0.717) is 6.61 Å². The summed E-state index contributed by atoms with van der Waals surface area (Å²) in [4.78, 5) is 9.30. The van der Waals surface area contributed by atoms with Gasteiger partial charge in [-0.1, -0.05) is 36.4 Å². The molecule has 1 saturated heterocycles. The van der Waals surface area contributed by atoms with Crippen LogP contribution in [0.3, 0.4) is 0 Å². The van der Waals surface area contributed by atoms with Gasteiger partial charge >= 0.3 is 0 Å². The second kappa shape index (κ2) is 8.79. The molecule has 132 valence electrons. The van der Waals surface area contributed by atoms with E-state index >= 15 is 0 Å². The molecule has 1 aliphatic rings. The fraction of sp³-hybridized carbons (Fsp3) is 0.381. The molecule has 0 atom stereocenters. The molecule has 0 unspecified atom stereocenters. The van der Waals surface area contributed by atoms with Crippen molar-refractivity contribution in [2.75, 3.05) is 32.7 Å². The Morgan fingerprint density at radius 1 is 1.04 bits per heavy atom. The molecule has 1 aromatic carbocycles. The molecule has 4 heteroatoms. The van der Waals surface area contributed by atoms with E-state index in [1.807, 2.05) is 24.3 Å². The van der Waals surface area contributed by atoms with Crippen LogP contribution >= 0.6 is 0 Å². The number of benzene rings is 1. The van der Waals surface area contributed by atoms with Crippen LogP contribution < -0.4 is 4.74 Å². The summed E-state index contributed by atoms with van der Waals surface area (Å²) >= 11 is 0.